The molecule has 144 valence electrons. The molecule has 1 N–H and O–H groups in total. The van der Waals surface area contributed by atoms with E-state index in [0.717, 1.165) is 23.9 Å². The van der Waals surface area contributed by atoms with Crippen LogP contribution < -0.4 is 5.32 Å². The summed E-state index contributed by atoms with van der Waals surface area (Å²) in [5.74, 6) is 1.05. The molecule has 1 aliphatic rings. The minimum atomic E-state index is -4.39. The van der Waals surface area contributed by atoms with Crippen LogP contribution in [0.4, 0.5) is 13.2 Å². The van der Waals surface area contributed by atoms with Gasteiger partial charge in [0.15, 0.2) is 5.69 Å². The van der Waals surface area contributed by atoms with E-state index in [0.29, 0.717) is 37.0 Å². The van der Waals surface area contributed by atoms with E-state index in [-0.39, 0.29) is 11.8 Å². The first kappa shape index (κ1) is 19.2. The van der Waals surface area contributed by atoms with Gasteiger partial charge in [-0.1, -0.05) is 25.4 Å². The van der Waals surface area contributed by atoms with Crippen molar-refractivity contribution in [1.82, 2.24) is 24.6 Å². The highest BCUT2D eigenvalue weighted by Crippen LogP contribution is 2.31. The number of hydrogen-bond donors (Lipinski definition) is 1. The Kier molecular flexibility index (Phi) is 5.35. The van der Waals surface area contributed by atoms with Crippen LogP contribution in [0.25, 0.3) is 0 Å². The Balaban J connectivity index is 1.60. The number of halogens is 4. The van der Waals surface area contributed by atoms with Crippen LogP contribution in [0.15, 0.2) is 6.20 Å². The predicted molar refractivity (Wildman–Crippen MR) is 93.1 cm³/mol. The zero-order valence-electron chi connectivity index (χ0n) is 15.1. The zero-order chi connectivity index (χ0) is 19.1. The van der Waals surface area contributed by atoms with Crippen molar-refractivity contribution in [1.29, 1.82) is 0 Å². The van der Waals surface area contributed by atoms with Gasteiger partial charge in [0.25, 0.3) is 0 Å². The Morgan fingerprint density at radius 2 is 2.12 bits per heavy atom. The summed E-state index contributed by atoms with van der Waals surface area (Å²) in [4.78, 5) is 3.72. The maximum atomic E-state index is 12.8. The highest BCUT2D eigenvalue weighted by Gasteiger charge is 2.35. The molecular weight excluding hydrogens is 367 g/mol. The van der Waals surface area contributed by atoms with Gasteiger partial charge in [-0.25, -0.2) is 4.98 Å². The molecule has 9 heteroatoms. The summed E-state index contributed by atoms with van der Waals surface area (Å²) in [5.41, 5.74) is 1.16. The Labute approximate surface area is 155 Å². The molecule has 2 aromatic rings. The fourth-order valence-corrected chi connectivity index (χ4v) is 3.61. The lowest BCUT2D eigenvalue weighted by molar-refractivity contribution is -0.141. The van der Waals surface area contributed by atoms with Crippen LogP contribution in [0.1, 0.15) is 49.0 Å². The second-order valence-corrected chi connectivity index (χ2v) is 7.52. The molecule has 26 heavy (non-hydrogen) atoms. The number of rotatable bonds is 5. The molecule has 0 saturated carbocycles. The minimum Gasteiger partial charge on any atom is -0.334 e. The molecule has 0 saturated heterocycles. The third-order valence-electron chi connectivity index (χ3n) is 4.76. The standard InChI is InChI=1S/C17H23ClF3N5/c1-10(2)15-12(16(18)25(3)24-15)7-22-6-11-4-5-14-23-13(17(19,20)21)9-26(14)8-11/h9-11,22H,4-8H2,1-3H3/t11-/m1/s1. The van der Waals surface area contributed by atoms with Crippen LogP contribution in [0.3, 0.4) is 0 Å². The first-order chi connectivity index (χ1) is 12.2. The second kappa shape index (κ2) is 7.23. The van der Waals surface area contributed by atoms with E-state index in [9.17, 15) is 13.2 Å². The van der Waals surface area contributed by atoms with Gasteiger partial charge in [0, 0.05) is 38.3 Å². The summed E-state index contributed by atoms with van der Waals surface area (Å²) in [6, 6.07) is 0. The van der Waals surface area contributed by atoms with Crippen LogP contribution >= 0.6 is 11.6 Å². The molecule has 0 amide bonds. The van der Waals surface area contributed by atoms with E-state index < -0.39 is 11.9 Å². The molecule has 0 fully saturated rings. The number of nitrogens with one attached hydrogen (secondary N) is 1. The van der Waals surface area contributed by atoms with E-state index >= 15 is 0 Å². The first-order valence-corrected chi connectivity index (χ1v) is 9.09. The number of nitrogens with zero attached hydrogens (tertiary/aromatic N) is 4. The van der Waals surface area contributed by atoms with Crippen molar-refractivity contribution >= 4 is 11.6 Å². The summed E-state index contributed by atoms with van der Waals surface area (Å²) in [5, 5.41) is 8.47. The third-order valence-corrected chi connectivity index (χ3v) is 5.24. The average molecular weight is 390 g/mol. The van der Waals surface area contributed by atoms with Crippen molar-refractivity contribution in [3.63, 3.8) is 0 Å². The zero-order valence-corrected chi connectivity index (χ0v) is 15.8. The fraction of sp³-hybridized carbons (Fsp3) is 0.647. The smallest absolute Gasteiger partial charge is 0.334 e. The minimum absolute atomic E-state index is 0.260. The van der Waals surface area contributed by atoms with Crippen LogP contribution in [0.2, 0.25) is 5.15 Å². The number of hydrogen-bond acceptors (Lipinski definition) is 3. The largest absolute Gasteiger partial charge is 0.434 e. The Bertz CT molecular complexity index is 778. The molecule has 5 nitrogen and oxygen atoms in total. The van der Waals surface area contributed by atoms with Crippen LogP contribution in [0, 0.1) is 5.92 Å². The van der Waals surface area contributed by atoms with E-state index in [1.54, 1.807) is 9.25 Å². The Hall–Kier alpha value is -1.54. The van der Waals surface area contributed by atoms with Gasteiger partial charge in [0.05, 0.1) is 5.69 Å². The number of imidazole rings is 1. The number of fused-ring (bicyclic) bond motifs is 1. The van der Waals surface area contributed by atoms with Gasteiger partial charge in [-0.15, -0.1) is 0 Å². The molecule has 1 atom stereocenters. The van der Waals surface area contributed by atoms with E-state index in [1.807, 2.05) is 7.05 Å². The quantitative estimate of drug-likeness (QED) is 0.846. The average Bonchev–Trinajstić information content (AvgIpc) is 3.10. The number of alkyl halides is 3. The van der Waals surface area contributed by atoms with Crippen molar-refractivity contribution in [2.45, 2.75) is 51.9 Å². The molecule has 3 rings (SSSR count). The molecular formula is C17H23ClF3N5. The second-order valence-electron chi connectivity index (χ2n) is 7.16. The van der Waals surface area contributed by atoms with Gasteiger partial charge >= 0.3 is 6.18 Å². The van der Waals surface area contributed by atoms with E-state index in [2.05, 4.69) is 29.2 Å². The van der Waals surface area contributed by atoms with Gasteiger partial charge in [-0.3, -0.25) is 4.68 Å². The molecule has 0 unspecified atom stereocenters. The van der Waals surface area contributed by atoms with Gasteiger partial charge in [-0.2, -0.15) is 18.3 Å². The first-order valence-electron chi connectivity index (χ1n) is 8.72. The van der Waals surface area contributed by atoms with E-state index in [1.165, 1.54) is 0 Å². The number of aryl methyl sites for hydroxylation is 2. The molecule has 2 aromatic heterocycles. The molecule has 1 aliphatic heterocycles. The van der Waals surface area contributed by atoms with Crippen molar-refractivity contribution in [3.8, 4) is 0 Å². The lowest BCUT2D eigenvalue weighted by Crippen LogP contribution is -2.30. The summed E-state index contributed by atoms with van der Waals surface area (Å²) < 4.78 is 41.7. The van der Waals surface area contributed by atoms with Crippen molar-refractivity contribution in [2.75, 3.05) is 6.54 Å². The molecule has 0 spiro atoms. The topological polar surface area (TPSA) is 47.7 Å². The summed E-state index contributed by atoms with van der Waals surface area (Å²) in [7, 11) is 1.82. The van der Waals surface area contributed by atoms with Crippen LogP contribution in [-0.4, -0.2) is 25.9 Å². The molecule has 0 aromatic carbocycles. The van der Waals surface area contributed by atoms with E-state index in [4.69, 9.17) is 11.6 Å². The SMILES string of the molecule is CC(C)c1nn(C)c(Cl)c1CNC[C@H]1CCc2nc(C(F)(F)F)cn2C1. The normalized spacial score (nSPS) is 17.8. The molecule has 0 bridgehead atoms. The summed E-state index contributed by atoms with van der Waals surface area (Å²) >= 11 is 6.33. The van der Waals surface area contributed by atoms with Crippen molar-refractivity contribution in [3.05, 3.63) is 34.1 Å². The van der Waals surface area contributed by atoms with Crippen molar-refractivity contribution in [2.24, 2.45) is 13.0 Å². The summed E-state index contributed by atoms with van der Waals surface area (Å²) in [6.45, 7) is 6.00. The molecule has 3 heterocycles. The molecule has 0 aliphatic carbocycles. The molecule has 0 radical (unpaired) electrons. The van der Waals surface area contributed by atoms with Crippen molar-refractivity contribution < 1.29 is 13.2 Å². The maximum absolute atomic E-state index is 12.8. The van der Waals surface area contributed by atoms with Crippen LogP contribution in [-0.2, 0) is 32.7 Å². The van der Waals surface area contributed by atoms with Gasteiger partial charge < -0.3 is 9.88 Å². The van der Waals surface area contributed by atoms with Gasteiger partial charge in [-0.05, 0) is 24.8 Å². The van der Waals surface area contributed by atoms with Gasteiger partial charge in [0.1, 0.15) is 11.0 Å². The predicted octanol–water partition coefficient (Wildman–Crippen LogP) is 3.76. The highest BCUT2D eigenvalue weighted by molar-refractivity contribution is 6.30. The Morgan fingerprint density at radius 1 is 1.38 bits per heavy atom. The summed E-state index contributed by atoms with van der Waals surface area (Å²) in [6.07, 6.45) is -1.88. The lowest BCUT2D eigenvalue weighted by Gasteiger charge is -2.24. The van der Waals surface area contributed by atoms with Gasteiger partial charge in [0.2, 0.25) is 0 Å². The van der Waals surface area contributed by atoms with Crippen LogP contribution in [0.5, 0.6) is 0 Å². The highest BCUT2D eigenvalue weighted by atomic mass is 35.5. The monoisotopic (exact) mass is 389 g/mol. The number of aromatic nitrogens is 4. The third kappa shape index (κ3) is 3.91. The Morgan fingerprint density at radius 3 is 2.77 bits per heavy atom. The lowest BCUT2D eigenvalue weighted by atomic mass is 9.99. The fourth-order valence-electron chi connectivity index (χ4n) is 3.41. The maximum Gasteiger partial charge on any atom is 0.434 e.